The summed E-state index contributed by atoms with van der Waals surface area (Å²) in [4.78, 5) is 16.9. The maximum absolute atomic E-state index is 12.8. The lowest BCUT2D eigenvalue weighted by molar-refractivity contribution is -0.119. The number of rotatable bonds is 4. The molecule has 1 saturated heterocycles. The number of likely N-dealkylation sites (tertiary alicyclic amines) is 1. The summed E-state index contributed by atoms with van der Waals surface area (Å²) in [5, 5.41) is 2.30. The van der Waals surface area contributed by atoms with E-state index in [4.69, 9.17) is 5.73 Å². The number of likely N-dealkylation sites (N-methyl/N-ethyl adjacent to an activating group) is 1. The third-order valence-electron chi connectivity index (χ3n) is 4.67. The number of nitrogens with zero attached hydrogens (tertiary/aromatic N) is 2. The summed E-state index contributed by atoms with van der Waals surface area (Å²) < 4.78 is 0. The van der Waals surface area contributed by atoms with Crippen molar-refractivity contribution in [1.29, 1.82) is 0 Å². The predicted octanol–water partition coefficient (Wildman–Crippen LogP) is 3.04. The van der Waals surface area contributed by atoms with E-state index in [9.17, 15) is 4.79 Å². The molecule has 130 valence electrons. The molecule has 5 heteroatoms. The van der Waals surface area contributed by atoms with E-state index in [1.807, 2.05) is 36.1 Å². The Bertz CT molecular complexity index is 678. The number of anilines is 1. The van der Waals surface area contributed by atoms with Crippen molar-refractivity contribution < 1.29 is 4.79 Å². The van der Waals surface area contributed by atoms with Crippen LogP contribution in [0.3, 0.4) is 0 Å². The van der Waals surface area contributed by atoms with Crippen LogP contribution in [0.4, 0.5) is 5.69 Å². The minimum atomic E-state index is 0. The van der Waals surface area contributed by atoms with Gasteiger partial charge in [0.05, 0.1) is 12.2 Å². The Morgan fingerprint density at radius 3 is 2.54 bits per heavy atom. The summed E-state index contributed by atoms with van der Waals surface area (Å²) in [5.41, 5.74) is 6.95. The van der Waals surface area contributed by atoms with Gasteiger partial charge in [0.15, 0.2) is 0 Å². The Morgan fingerprint density at radius 1 is 1.17 bits per heavy atom. The predicted molar refractivity (Wildman–Crippen MR) is 103 cm³/mol. The molecule has 2 aromatic rings. The van der Waals surface area contributed by atoms with Crippen molar-refractivity contribution in [3.05, 3.63) is 42.5 Å². The van der Waals surface area contributed by atoms with Crippen molar-refractivity contribution in [2.45, 2.75) is 25.8 Å². The highest BCUT2D eigenvalue weighted by Crippen LogP contribution is 2.27. The number of carbonyl (C=O) groups excluding carboxylic acids is 1. The van der Waals surface area contributed by atoms with E-state index in [-0.39, 0.29) is 18.3 Å². The third kappa shape index (κ3) is 4.07. The quantitative estimate of drug-likeness (QED) is 0.924. The Labute approximate surface area is 150 Å². The van der Waals surface area contributed by atoms with Gasteiger partial charge >= 0.3 is 0 Å². The number of carbonyl (C=O) groups is 1. The number of halogens is 1. The lowest BCUT2D eigenvalue weighted by Crippen LogP contribution is -2.45. The molecule has 4 nitrogen and oxygen atoms in total. The van der Waals surface area contributed by atoms with Crippen molar-refractivity contribution in [3.63, 3.8) is 0 Å². The maximum Gasteiger partial charge on any atom is 0.241 e. The molecule has 1 amide bonds. The molecule has 3 rings (SSSR count). The molecule has 0 aromatic heterocycles. The molecule has 24 heavy (non-hydrogen) atoms. The van der Waals surface area contributed by atoms with Crippen molar-refractivity contribution >= 4 is 34.8 Å². The average molecular weight is 348 g/mol. The van der Waals surface area contributed by atoms with Crippen LogP contribution in [-0.2, 0) is 4.79 Å². The maximum atomic E-state index is 12.8. The third-order valence-corrected chi connectivity index (χ3v) is 4.67. The molecular formula is C19H26ClN3O. The molecule has 0 aliphatic carbocycles. The van der Waals surface area contributed by atoms with Crippen LogP contribution in [0.1, 0.15) is 19.8 Å². The lowest BCUT2D eigenvalue weighted by Gasteiger charge is -2.31. The normalized spacial score (nSPS) is 15.9. The van der Waals surface area contributed by atoms with Crippen molar-refractivity contribution in [3.8, 4) is 0 Å². The zero-order valence-electron chi connectivity index (χ0n) is 14.1. The molecule has 0 saturated carbocycles. The fourth-order valence-electron chi connectivity index (χ4n) is 3.31. The Kier molecular flexibility index (Phi) is 6.60. The van der Waals surface area contributed by atoms with Crippen LogP contribution in [-0.4, -0.2) is 43.0 Å². The first kappa shape index (κ1) is 18.7. The van der Waals surface area contributed by atoms with E-state index in [1.54, 1.807) is 0 Å². The molecule has 0 radical (unpaired) electrons. The number of nitrogens with two attached hydrogens (primary N) is 1. The second-order valence-electron chi connectivity index (χ2n) is 6.25. The van der Waals surface area contributed by atoms with Crippen LogP contribution in [0, 0.1) is 0 Å². The zero-order valence-corrected chi connectivity index (χ0v) is 15.0. The fourth-order valence-corrected chi connectivity index (χ4v) is 3.31. The fraction of sp³-hybridized carbons (Fsp3) is 0.421. The van der Waals surface area contributed by atoms with Crippen LogP contribution >= 0.6 is 12.4 Å². The number of hydrogen-bond acceptors (Lipinski definition) is 3. The summed E-state index contributed by atoms with van der Waals surface area (Å²) in [6.45, 7) is 5.02. The summed E-state index contributed by atoms with van der Waals surface area (Å²) in [5.74, 6) is 0.166. The van der Waals surface area contributed by atoms with E-state index in [0.717, 1.165) is 37.0 Å². The first-order valence-electron chi connectivity index (χ1n) is 8.45. The Balaban J connectivity index is 0.00000208. The molecule has 0 bridgehead atoms. The largest absolute Gasteiger partial charge is 0.328 e. The van der Waals surface area contributed by atoms with Crippen LogP contribution in [0.2, 0.25) is 0 Å². The molecule has 0 spiro atoms. The molecule has 0 atom stereocenters. The van der Waals surface area contributed by atoms with E-state index in [0.29, 0.717) is 19.1 Å². The topological polar surface area (TPSA) is 49.6 Å². The van der Waals surface area contributed by atoms with Crippen LogP contribution in [0.5, 0.6) is 0 Å². The van der Waals surface area contributed by atoms with Crippen molar-refractivity contribution in [2.24, 2.45) is 5.73 Å². The van der Waals surface area contributed by atoms with E-state index in [2.05, 4.69) is 23.1 Å². The van der Waals surface area contributed by atoms with Crippen LogP contribution < -0.4 is 10.6 Å². The van der Waals surface area contributed by atoms with Crippen LogP contribution in [0.25, 0.3) is 10.8 Å². The zero-order chi connectivity index (χ0) is 16.2. The lowest BCUT2D eigenvalue weighted by atomic mass is 10.1. The van der Waals surface area contributed by atoms with Gasteiger partial charge in [0.1, 0.15) is 0 Å². The summed E-state index contributed by atoms with van der Waals surface area (Å²) >= 11 is 0. The van der Waals surface area contributed by atoms with E-state index < -0.39 is 0 Å². The number of fused-ring (bicyclic) bond motifs is 1. The van der Waals surface area contributed by atoms with Gasteiger partial charge in [-0.3, -0.25) is 9.69 Å². The van der Waals surface area contributed by atoms with E-state index >= 15 is 0 Å². The van der Waals surface area contributed by atoms with Gasteiger partial charge < -0.3 is 10.6 Å². The second-order valence-corrected chi connectivity index (χ2v) is 6.25. The van der Waals surface area contributed by atoms with Gasteiger partial charge in [-0.25, -0.2) is 0 Å². The minimum absolute atomic E-state index is 0. The van der Waals surface area contributed by atoms with Gasteiger partial charge in [0.25, 0.3) is 0 Å². The van der Waals surface area contributed by atoms with Crippen molar-refractivity contribution in [2.75, 3.05) is 31.1 Å². The number of piperidine rings is 1. The van der Waals surface area contributed by atoms with Gasteiger partial charge in [-0.2, -0.15) is 0 Å². The van der Waals surface area contributed by atoms with Crippen molar-refractivity contribution in [1.82, 2.24) is 4.90 Å². The SMILES string of the molecule is CCN(C(=O)CN1CCC(N)CC1)c1cccc2ccccc12.Cl. The second kappa shape index (κ2) is 8.47. The van der Waals surface area contributed by atoms with E-state index in [1.165, 1.54) is 5.39 Å². The summed E-state index contributed by atoms with van der Waals surface area (Å²) in [7, 11) is 0. The standard InChI is InChI=1S/C19H25N3O.ClH/c1-2-22(19(23)14-21-12-10-16(20)11-13-21)18-9-5-7-15-6-3-4-8-17(15)18;/h3-9,16H,2,10-14,20H2,1H3;1H. The van der Waals surface area contributed by atoms with Gasteiger partial charge in [0.2, 0.25) is 5.91 Å². The minimum Gasteiger partial charge on any atom is -0.328 e. The highest BCUT2D eigenvalue weighted by Gasteiger charge is 2.22. The molecule has 1 fully saturated rings. The van der Waals surface area contributed by atoms with Gasteiger partial charge in [-0.15, -0.1) is 12.4 Å². The van der Waals surface area contributed by atoms with Crippen LogP contribution in [0.15, 0.2) is 42.5 Å². The summed E-state index contributed by atoms with van der Waals surface area (Å²) in [6, 6.07) is 14.7. The summed E-state index contributed by atoms with van der Waals surface area (Å²) in [6.07, 6.45) is 1.96. The number of benzene rings is 2. The average Bonchev–Trinajstić information content (AvgIpc) is 2.58. The number of amides is 1. The monoisotopic (exact) mass is 347 g/mol. The van der Waals surface area contributed by atoms with Gasteiger partial charge in [-0.05, 0) is 31.2 Å². The molecular weight excluding hydrogens is 322 g/mol. The Morgan fingerprint density at radius 2 is 1.83 bits per heavy atom. The smallest absolute Gasteiger partial charge is 0.241 e. The highest BCUT2D eigenvalue weighted by molar-refractivity contribution is 6.04. The molecule has 1 aliphatic rings. The highest BCUT2D eigenvalue weighted by atomic mass is 35.5. The molecule has 2 aromatic carbocycles. The molecule has 1 aliphatic heterocycles. The molecule has 2 N–H and O–H groups in total. The van der Waals surface area contributed by atoms with Gasteiger partial charge in [-0.1, -0.05) is 36.4 Å². The van der Waals surface area contributed by atoms with Gasteiger partial charge in [0, 0.05) is 31.1 Å². The molecule has 0 unspecified atom stereocenters. The number of hydrogen-bond donors (Lipinski definition) is 1. The first-order chi connectivity index (χ1) is 11.2. The molecule has 1 heterocycles. The first-order valence-corrected chi connectivity index (χ1v) is 8.45. The Hall–Kier alpha value is -1.62.